The Balaban J connectivity index is 1.72. The first-order valence-corrected chi connectivity index (χ1v) is 10.2. The number of carbonyl (C=O) groups excluding carboxylic acids is 1. The second-order valence-electron chi connectivity index (χ2n) is 7.08. The number of aryl methyl sites for hydroxylation is 1. The van der Waals surface area contributed by atoms with Crippen molar-refractivity contribution in [2.45, 2.75) is 31.7 Å². The SMILES string of the molecule is Cc1ccccc1N1C(=O)/C(=C/c2ccc(O)c(Cl)c2)SC1=NC1CC(F)(F)C1. The van der Waals surface area contributed by atoms with Crippen LogP contribution in [0, 0.1) is 6.92 Å². The van der Waals surface area contributed by atoms with Crippen molar-refractivity contribution in [3.63, 3.8) is 0 Å². The van der Waals surface area contributed by atoms with Crippen LogP contribution in [-0.4, -0.2) is 28.1 Å². The Morgan fingerprint density at radius 2 is 2.00 bits per heavy atom. The van der Waals surface area contributed by atoms with Crippen LogP contribution in [0.15, 0.2) is 52.4 Å². The maximum Gasteiger partial charge on any atom is 0.271 e. The number of rotatable bonds is 3. The number of alkyl halides is 2. The monoisotopic (exact) mass is 434 g/mol. The number of aromatic hydroxyl groups is 1. The highest BCUT2D eigenvalue weighted by Crippen LogP contribution is 2.43. The summed E-state index contributed by atoms with van der Waals surface area (Å²) in [6.07, 6.45) is 1.04. The molecule has 1 saturated heterocycles. The molecule has 0 aromatic heterocycles. The first-order valence-electron chi connectivity index (χ1n) is 8.97. The Hall–Kier alpha value is -2.38. The fraction of sp³-hybridized carbons (Fsp3) is 0.238. The van der Waals surface area contributed by atoms with Gasteiger partial charge in [-0.05, 0) is 54.1 Å². The molecule has 2 aromatic rings. The van der Waals surface area contributed by atoms with Gasteiger partial charge in [-0.1, -0.05) is 35.9 Å². The molecule has 1 saturated carbocycles. The molecule has 8 heteroatoms. The lowest BCUT2D eigenvalue weighted by Crippen LogP contribution is -2.40. The molecule has 1 amide bonds. The molecule has 1 aliphatic carbocycles. The van der Waals surface area contributed by atoms with Gasteiger partial charge < -0.3 is 5.11 Å². The van der Waals surface area contributed by atoms with Crippen molar-refractivity contribution in [3.05, 3.63) is 63.5 Å². The molecule has 0 atom stereocenters. The number of benzene rings is 2. The standard InChI is InChI=1S/C21H17ClF2N2O2S/c1-12-4-2-3-5-16(12)26-19(28)18(9-13-6-7-17(27)15(22)8-13)29-20(26)25-14-10-21(23,24)11-14/h2-9,14,27H,10-11H2,1H3/b18-9-,25-20?. The molecule has 2 aromatic carbocycles. The number of para-hydroxylation sites is 1. The normalized spacial score (nSPS) is 21.8. The van der Waals surface area contributed by atoms with Crippen LogP contribution >= 0.6 is 23.4 Å². The number of aliphatic imine (C=N–C) groups is 1. The minimum Gasteiger partial charge on any atom is -0.506 e. The number of carbonyl (C=O) groups is 1. The van der Waals surface area contributed by atoms with Gasteiger partial charge in [0.2, 0.25) is 0 Å². The number of phenolic OH excluding ortho intramolecular Hbond substituents is 1. The van der Waals surface area contributed by atoms with Gasteiger partial charge in [0.15, 0.2) is 5.17 Å². The van der Waals surface area contributed by atoms with Crippen LogP contribution in [0.2, 0.25) is 5.02 Å². The summed E-state index contributed by atoms with van der Waals surface area (Å²) in [7, 11) is 0. The van der Waals surface area contributed by atoms with Crippen molar-refractivity contribution >= 4 is 46.2 Å². The van der Waals surface area contributed by atoms with Gasteiger partial charge in [-0.15, -0.1) is 0 Å². The average Bonchev–Trinajstić information content (AvgIpc) is 2.92. The molecule has 150 valence electrons. The van der Waals surface area contributed by atoms with E-state index < -0.39 is 12.0 Å². The van der Waals surface area contributed by atoms with E-state index >= 15 is 0 Å². The molecular formula is C21H17ClF2N2O2S. The summed E-state index contributed by atoms with van der Waals surface area (Å²) in [4.78, 5) is 19.5. The lowest BCUT2D eigenvalue weighted by molar-refractivity contribution is -0.113. The predicted molar refractivity (Wildman–Crippen MR) is 113 cm³/mol. The number of thioether (sulfide) groups is 1. The quantitative estimate of drug-likeness (QED) is 0.637. The zero-order valence-electron chi connectivity index (χ0n) is 15.4. The molecule has 0 bridgehead atoms. The van der Waals surface area contributed by atoms with Gasteiger partial charge in [0.25, 0.3) is 11.8 Å². The topological polar surface area (TPSA) is 52.9 Å². The molecule has 2 fully saturated rings. The third kappa shape index (κ3) is 4.02. The highest BCUT2D eigenvalue weighted by molar-refractivity contribution is 8.19. The summed E-state index contributed by atoms with van der Waals surface area (Å²) in [5, 5.41) is 10.1. The summed E-state index contributed by atoms with van der Waals surface area (Å²) >= 11 is 7.11. The Morgan fingerprint density at radius 3 is 2.66 bits per heavy atom. The van der Waals surface area contributed by atoms with Gasteiger partial charge in [-0.25, -0.2) is 8.78 Å². The van der Waals surface area contributed by atoms with E-state index in [1.54, 1.807) is 24.3 Å². The van der Waals surface area contributed by atoms with Crippen molar-refractivity contribution < 1.29 is 18.7 Å². The van der Waals surface area contributed by atoms with Crippen LogP contribution in [0.1, 0.15) is 24.0 Å². The minimum atomic E-state index is -2.68. The predicted octanol–water partition coefficient (Wildman–Crippen LogP) is 5.63. The maximum atomic E-state index is 13.3. The Labute approximate surface area is 175 Å². The minimum absolute atomic E-state index is 0.0473. The number of hydrogen-bond acceptors (Lipinski definition) is 4. The van der Waals surface area contributed by atoms with Crippen molar-refractivity contribution in [2.24, 2.45) is 4.99 Å². The number of nitrogens with zero attached hydrogens (tertiary/aromatic N) is 2. The smallest absolute Gasteiger partial charge is 0.271 e. The van der Waals surface area contributed by atoms with Crippen LogP contribution < -0.4 is 4.90 Å². The molecule has 0 spiro atoms. The Kier molecular flexibility index (Phi) is 5.12. The van der Waals surface area contributed by atoms with Gasteiger partial charge in [0.1, 0.15) is 5.75 Å². The average molecular weight is 435 g/mol. The van der Waals surface area contributed by atoms with E-state index in [4.69, 9.17) is 11.6 Å². The fourth-order valence-electron chi connectivity index (χ4n) is 3.23. The van der Waals surface area contributed by atoms with Gasteiger partial charge in [0.05, 0.1) is 21.7 Å². The maximum absolute atomic E-state index is 13.3. The molecule has 2 aliphatic rings. The zero-order chi connectivity index (χ0) is 20.8. The van der Waals surface area contributed by atoms with E-state index in [9.17, 15) is 18.7 Å². The number of hydrogen-bond donors (Lipinski definition) is 1. The number of amides is 1. The van der Waals surface area contributed by atoms with Gasteiger partial charge >= 0.3 is 0 Å². The molecule has 29 heavy (non-hydrogen) atoms. The second-order valence-corrected chi connectivity index (χ2v) is 8.49. The molecule has 1 N–H and O–H groups in total. The molecule has 4 rings (SSSR count). The van der Waals surface area contributed by atoms with Crippen LogP contribution in [0.5, 0.6) is 5.75 Å². The molecular weight excluding hydrogens is 418 g/mol. The van der Waals surface area contributed by atoms with Crippen molar-refractivity contribution in [2.75, 3.05) is 4.90 Å². The lowest BCUT2D eigenvalue weighted by atomic mass is 9.89. The van der Waals surface area contributed by atoms with Gasteiger partial charge in [-0.2, -0.15) is 0 Å². The van der Waals surface area contributed by atoms with Crippen molar-refractivity contribution in [1.29, 1.82) is 0 Å². The van der Waals surface area contributed by atoms with Crippen molar-refractivity contribution in [1.82, 2.24) is 0 Å². The zero-order valence-corrected chi connectivity index (χ0v) is 17.0. The largest absolute Gasteiger partial charge is 0.506 e. The summed E-state index contributed by atoms with van der Waals surface area (Å²) in [5.41, 5.74) is 2.19. The summed E-state index contributed by atoms with van der Waals surface area (Å²) < 4.78 is 26.5. The lowest BCUT2D eigenvalue weighted by Gasteiger charge is -2.32. The van der Waals surface area contributed by atoms with Crippen LogP contribution in [-0.2, 0) is 4.79 Å². The highest BCUT2D eigenvalue weighted by Gasteiger charge is 2.46. The summed E-state index contributed by atoms with van der Waals surface area (Å²) in [5.74, 6) is -3.01. The summed E-state index contributed by atoms with van der Waals surface area (Å²) in [6.45, 7) is 1.88. The van der Waals surface area contributed by atoms with Gasteiger partial charge in [-0.3, -0.25) is 14.7 Å². The van der Waals surface area contributed by atoms with E-state index in [1.165, 1.54) is 11.0 Å². The second kappa shape index (κ2) is 7.46. The first-order chi connectivity index (χ1) is 13.7. The van der Waals surface area contributed by atoms with Crippen LogP contribution in [0.3, 0.4) is 0 Å². The van der Waals surface area contributed by atoms with E-state index in [0.29, 0.717) is 21.3 Å². The molecule has 0 unspecified atom stereocenters. The van der Waals surface area contributed by atoms with Crippen LogP contribution in [0.25, 0.3) is 6.08 Å². The molecule has 0 radical (unpaired) electrons. The fourth-order valence-corrected chi connectivity index (χ4v) is 4.46. The van der Waals surface area contributed by atoms with Crippen LogP contribution in [0.4, 0.5) is 14.5 Å². The van der Waals surface area contributed by atoms with E-state index in [-0.39, 0.29) is 29.5 Å². The molecule has 1 heterocycles. The third-order valence-electron chi connectivity index (χ3n) is 4.79. The van der Waals surface area contributed by atoms with E-state index in [0.717, 1.165) is 17.3 Å². The van der Waals surface area contributed by atoms with E-state index in [2.05, 4.69) is 4.99 Å². The first kappa shape index (κ1) is 19.9. The number of amidine groups is 1. The Morgan fingerprint density at radius 1 is 1.28 bits per heavy atom. The third-order valence-corrected chi connectivity index (χ3v) is 6.08. The number of phenols is 1. The van der Waals surface area contributed by atoms with Gasteiger partial charge in [0, 0.05) is 12.8 Å². The highest BCUT2D eigenvalue weighted by atomic mass is 35.5. The number of anilines is 1. The number of halogens is 3. The molecule has 4 nitrogen and oxygen atoms in total. The Bertz CT molecular complexity index is 1050. The van der Waals surface area contributed by atoms with E-state index in [1.807, 2.05) is 25.1 Å². The van der Waals surface area contributed by atoms with Crippen molar-refractivity contribution in [3.8, 4) is 5.75 Å². The summed E-state index contributed by atoms with van der Waals surface area (Å²) in [6, 6.07) is 11.5. The molecule has 1 aliphatic heterocycles.